The van der Waals surface area contributed by atoms with E-state index in [1.54, 1.807) is 11.0 Å². The van der Waals surface area contributed by atoms with E-state index in [2.05, 4.69) is 15.0 Å². The standard InChI is InChI=1S/C16H27N5O3/c1-16(2,21-12-17-11-18-21)15(23)20-5-3-13(14(22)4-6-20)19-7-9-24-10-8-19/h11-14,22H,3-10H2,1-2H3/t13-,14-/m0/s1. The molecule has 24 heavy (non-hydrogen) atoms. The Hall–Kier alpha value is -1.51. The van der Waals surface area contributed by atoms with Crippen molar-refractivity contribution in [1.29, 1.82) is 0 Å². The highest BCUT2D eigenvalue weighted by Gasteiger charge is 2.38. The number of carbonyl (C=O) groups excluding carboxylic acids is 1. The molecule has 8 heteroatoms. The van der Waals surface area contributed by atoms with Gasteiger partial charge < -0.3 is 14.7 Å². The number of ether oxygens (including phenoxy) is 1. The lowest BCUT2D eigenvalue weighted by Gasteiger charge is -2.36. The Labute approximate surface area is 142 Å². The molecule has 0 bridgehead atoms. The summed E-state index contributed by atoms with van der Waals surface area (Å²) in [4.78, 5) is 21.1. The molecule has 2 fully saturated rings. The second-order valence-corrected chi connectivity index (χ2v) is 7.05. The Morgan fingerprint density at radius 3 is 2.58 bits per heavy atom. The van der Waals surface area contributed by atoms with Gasteiger partial charge in [-0.15, -0.1) is 0 Å². The summed E-state index contributed by atoms with van der Waals surface area (Å²) in [5.74, 6) is 0.0165. The number of carbonyl (C=O) groups is 1. The minimum absolute atomic E-state index is 0.0165. The van der Waals surface area contributed by atoms with Gasteiger partial charge >= 0.3 is 0 Å². The molecule has 0 saturated carbocycles. The summed E-state index contributed by atoms with van der Waals surface area (Å²) in [5.41, 5.74) is -0.778. The predicted octanol–water partition coefficient (Wildman–Crippen LogP) is -0.303. The van der Waals surface area contributed by atoms with Crippen LogP contribution >= 0.6 is 0 Å². The lowest BCUT2D eigenvalue weighted by atomic mass is 10.0. The van der Waals surface area contributed by atoms with Crippen LogP contribution in [0.15, 0.2) is 12.7 Å². The van der Waals surface area contributed by atoms with Gasteiger partial charge in [0, 0.05) is 32.2 Å². The number of amides is 1. The van der Waals surface area contributed by atoms with Crippen molar-refractivity contribution >= 4 is 5.91 Å². The fraction of sp³-hybridized carbons (Fsp3) is 0.812. The van der Waals surface area contributed by atoms with Gasteiger partial charge in [0.25, 0.3) is 0 Å². The van der Waals surface area contributed by atoms with Crippen LogP contribution in [0.3, 0.4) is 0 Å². The first-order valence-electron chi connectivity index (χ1n) is 8.64. The maximum absolute atomic E-state index is 13.0. The third kappa shape index (κ3) is 3.45. The second kappa shape index (κ2) is 7.16. The van der Waals surface area contributed by atoms with Crippen molar-refractivity contribution in [1.82, 2.24) is 24.6 Å². The number of nitrogens with zero attached hydrogens (tertiary/aromatic N) is 5. The highest BCUT2D eigenvalue weighted by atomic mass is 16.5. The van der Waals surface area contributed by atoms with E-state index in [1.165, 1.54) is 6.33 Å². The fourth-order valence-electron chi connectivity index (χ4n) is 3.59. The minimum atomic E-state index is -0.778. The van der Waals surface area contributed by atoms with E-state index in [0.717, 1.165) is 19.5 Å². The molecule has 1 amide bonds. The number of hydrogen-bond donors (Lipinski definition) is 1. The highest BCUT2D eigenvalue weighted by molar-refractivity contribution is 5.83. The lowest BCUT2D eigenvalue weighted by molar-refractivity contribution is -0.139. The molecule has 0 radical (unpaired) electrons. The zero-order valence-electron chi connectivity index (χ0n) is 14.5. The molecule has 2 saturated heterocycles. The first kappa shape index (κ1) is 17.3. The molecule has 1 aromatic heterocycles. The Balaban J connectivity index is 1.67. The van der Waals surface area contributed by atoms with Crippen molar-refractivity contribution in [3.05, 3.63) is 12.7 Å². The van der Waals surface area contributed by atoms with Crippen LogP contribution in [0, 0.1) is 0 Å². The summed E-state index contributed by atoms with van der Waals surface area (Å²) >= 11 is 0. The van der Waals surface area contributed by atoms with E-state index in [9.17, 15) is 9.90 Å². The van der Waals surface area contributed by atoms with Crippen LogP contribution in [0.25, 0.3) is 0 Å². The summed E-state index contributed by atoms with van der Waals surface area (Å²) in [6, 6.07) is 0.0983. The Bertz CT molecular complexity index is 542. The number of aliphatic hydroxyl groups is 1. The molecule has 0 aromatic carbocycles. The molecule has 2 aliphatic heterocycles. The van der Waals surface area contributed by atoms with Crippen LogP contribution in [-0.4, -0.2) is 87.1 Å². The fourth-order valence-corrected chi connectivity index (χ4v) is 3.59. The van der Waals surface area contributed by atoms with E-state index >= 15 is 0 Å². The van der Waals surface area contributed by atoms with Crippen LogP contribution in [0.4, 0.5) is 0 Å². The molecule has 2 atom stereocenters. The topological polar surface area (TPSA) is 83.7 Å². The van der Waals surface area contributed by atoms with Gasteiger partial charge in [0.15, 0.2) is 0 Å². The monoisotopic (exact) mass is 337 g/mol. The average Bonchev–Trinajstić information content (AvgIpc) is 3.07. The normalized spacial score (nSPS) is 27.0. The predicted molar refractivity (Wildman–Crippen MR) is 87.3 cm³/mol. The summed E-state index contributed by atoms with van der Waals surface area (Å²) in [6.07, 6.45) is 3.98. The maximum atomic E-state index is 13.0. The number of aromatic nitrogens is 3. The molecule has 0 unspecified atom stereocenters. The maximum Gasteiger partial charge on any atom is 0.250 e. The van der Waals surface area contributed by atoms with E-state index < -0.39 is 11.6 Å². The van der Waals surface area contributed by atoms with Gasteiger partial charge in [-0.2, -0.15) is 5.10 Å². The number of aliphatic hydroxyl groups excluding tert-OH is 1. The quantitative estimate of drug-likeness (QED) is 0.815. The van der Waals surface area contributed by atoms with Crippen molar-refractivity contribution in [3.8, 4) is 0 Å². The first-order chi connectivity index (χ1) is 11.5. The summed E-state index contributed by atoms with van der Waals surface area (Å²) in [5, 5.41) is 14.7. The number of rotatable bonds is 3. The molecule has 3 heterocycles. The largest absolute Gasteiger partial charge is 0.391 e. The number of hydrogen-bond acceptors (Lipinski definition) is 6. The molecule has 8 nitrogen and oxygen atoms in total. The first-order valence-corrected chi connectivity index (χ1v) is 8.64. The molecule has 0 spiro atoms. The van der Waals surface area contributed by atoms with Gasteiger partial charge in [-0.05, 0) is 26.7 Å². The van der Waals surface area contributed by atoms with Crippen LogP contribution < -0.4 is 0 Å². The molecule has 3 rings (SSSR count). The molecular weight excluding hydrogens is 310 g/mol. The highest BCUT2D eigenvalue weighted by Crippen LogP contribution is 2.23. The number of likely N-dealkylation sites (tertiary alicyclic amines) is 1. The Kier molecular flexibility index (Phi) is 5.17. The van der Waals surface area contributed by atoms with Crippen LogP contribution in [-0.2, 0) is 15.1 Å². The SMILES string of the molecule is CC(C)(C(=O)N1CC[C@H](O)[C@@H](N2CCOCC2)CC1)n1cncn1. The third-order valence-corrected chi connectivity index (χ3v) is 5.15. The summed E-state index contributed by atoms with van der Waals surface area (Å²) < 4.78 is 6.99. The minimum Gasteiger partial charge on any atom is -0.391 e. The molecule has 2 aliphatic rings. The van der Waals surface area contributed by atoms with Crippen LogP contribution in [0.1, 0.15) is 26.7 Å². The van der Waals surface area contributed by atoms with Gasteiger partial charge in [-0.25, -0.2) is 9.67 Å². The summed E-state index contributed by atoms with van der Waals surface area (Å²) in [7, 11) is 0. The Morgan fingerprint density at radius 1 is 1.21 bits per heavy atom. The van der Waals surface area contributed by atoms with E-state index in [-0.39, 0.29) is 11.9 Å². The second-order valence-electron chi connectivity index (χ2n) is 7.05. The number of morpholine rings is 1. The van der Waals surface area contributed by atoms with Gasteiger partial charge in [0.2, 0.25) is 5.91 Å². The Morgan fingerprint density at radius 2 is 1.92 bits per heavy atom. The van der Waals surface area contributed by atoms with Gasteiger partial charge in [0.1, 0.15) is 18.2 Å². The van der Waals surface area contributed by atoms with E-state index in [0.29, 0.717) is 32.7 Å². The smallest absolute Gasteiger partial charge is 0.250 e. The zero-order chi connectivity index (χ0) is 17.2. The van der Waals surface area contributed by atoms with Crippen molar-refractivity contribution in [2.45, 2.75) is 44.4 Å². The van der Waals surface area contributed by atoms with Crippen molar-refractivity contribution in [2.75, 3.05) is 39.4 Å². The van der Waals surface area contributed by atoms with Gasteiger partial charge in [-0.1, -0.05) is 0 Å². The van der Waals surface area contributed by atoms with Crippen molar-refractivity contribution < 1.29 is 14.6 Å². The van der Waals surface area contributed by atoms with Crippen LogP contribution in [0.5, 0.6) is 0 Å². The molecule has 0 aliphatic carbocycles. The molecule has 1 aromatic rings. The zero-order valence-corrected chi connectivity index (χ0v) is 14.5. The van der Waals surface area contributed by atoms with Gasteiger partial charge in [-0.3, -0.25) is 9.69 Å². The third-order valence-electron chi connectivity index (χ3n) is 5.15. The average molecular weight is 337 g/mol. The van der Waals surface area contributed by atoms with Crippen molar-refractivity contribution in [3.63, 3.8) is 0 Å². The van der Waals surface area contributed by atoms with E-state index in [4.69, 9.17) is 4.74 Å². The van der Waals surface area contributed by atoms with Gasteiger partial charge in [0.05, 0.1) is 19.3 Å². The molecular formula is C16H27N5O3. The lowest BCUT2D eigenvalue weighted by Crippen LogP contribution is -2.49. The summed E-state index contributed by atoms with van der Waals surface area (Å²) in [6.45, 7) is 8.04. The molecule has 1 N–H and O–H groups in total. The van der Waals surface area contributed by atoms with E-state index in [1.807, 2.05) is 18.7 Å². The van der Waals surface area contributed by atoms with Crippen molar-refractivity contribution in [2.24, 2.45) is 0 Å². The van der Waals surface area contributed by atoms with Crippen LogP contribution in [0.2, 0.25) is 0 Å². The molecule has 134 valence electrons.